The van der Waals surface area contributed by atoms with Crippen molar-refractivity contribution in [2.24, 2.45) is 5.73 Å². The largest absolute Gasteiger partial charge is 0.393 e. The lowest BCUT2D eigenvalue weighted by Crippen LogP contribution is -2.47. The third-order valence-electron chi connectivity index (χ3n) is 2.22. The normalized spacial score (nSPS) is 27.9. The first-order valence-corrected chi connectivity index (χ1v) is 4.63. The van der Waals surface area contributed by atoms with Crippen molar-refractivity contribution >= 4 is 0 Å². The SMILES string of the molecule is C[C@@H](O)N[C@]1(C)C=C(N)C([N+](=O)[O-])=CC1. The lowest BCUT2D eigenvalue weighted by Gasteiger charge is -2.30. The van der Waals surface area contributed by atoms with Crippen LogP contribution in [0, 0.1) is 10.1 Å². The quantitative estimate of drug-likeness (QED) is 0.350. The van der Waals surface area contributed by atoms with Gasteiger partial charge in [0.1, 0.15) is 11.9 Å². The Kier molecular flexibility index (Phi) is 3.11. The second-order valence-corrected chi connectivity index (χ2v) is 3.89. The highest BCUT2D eigenvalue weighted by molar-refractivity contribution is 5.31. The van der Waals surface area contributed by atoms with Gasteiger partial charge in [-0.3, -0.25) is 15.4 Å². The van der Waals surface area contributed by atoms with E-state index >= 15 is 0 Å². The number of aliphatic hydroxyl groups excluding tert-OH is 1. The number of hydrogen-bond donors (Lipinski definition) is 3. The fourth-order valence-electron chi connectivity index (χ4n) is 1.66. The van der Waals surface area contributed by atoms with Gasteiger partial charge in [-0.1, -0.05) is 0 Å². The fraction of sp³-hybridized carbons (Fsp3) is 0.556. The van der Waals surface area contributed by atoms with Gasteiger partial charge in [0.15, 0.2) is 0 Å². The summed E-state index contributed by atoms with van der Waals surface area (Å²) >= 11 is 0. The van der Waals surface area contributed by atoms with Crippen LogP contribution in [0.1, 0.15) is 20.3 Å². The van der Waals surface area contributed by atoms with Crippen LogP contribution in [0.4, 0.5) is 0 Å². The fourth-order valence-corrected chi connectivity index (χ4v) is 1.66. The first kappa shape index (κ1) is 11.7. The Bertz CT molecular complexity index is 335. The van der Waals surface area contributed by atoms with Gasteiger partial charge in [-0.05, 0) is 32.4 Å². The van der Waals surface area contributed by atoms with Gasteiger partial charge in [-0.15, -0.1) is 0 Å². The molecule has 0 spiro atoms. The van der Waals surface area contributed by atoms with E-state index in [0.29, 0.717) is 6.42 Å². The highest BCUT2D eigenvalue weighted by Gasteiger charge is 2.30. The van der Waals surface area contributed by atoms with E-state index in [0.717, 1.165) is 0 Å². The van der Waals surface area contributed by atoms with Crippen LogP contribution in [-0.2, 0) is 0 Å². The van der Waals surface area contributed by atoms with E-state index in [2.05, 4.69) is 5.32 Å². The summed E-state index contributed by atoms with van der Waals surface area (Å²) in [6, 6.07) is 0. The molecule has 1 aliphatic carbocycles. The molecule has 0 saturated heterocycles. The summed E-state index contributed by atoms with van der Waals surface area (Å²) in [5, 5.41) is 22.6. The van der Waals surface area contributed by atoms with E-state index in [1.165, 1.54) is 6.08 Å². The van der Waals surface area contributed by atoms with Crippen LogP contribution in [0.15, 0.2) is 23.5 Å². The van der Waals surface area contributed by atoms with Crippen LogP contribution in [-0.4, -0.2) is 21.8 Å². The topological polar surface area (TPSA) is 101 Å². The van der Waals surface area contributed by atoms with Gasteiger partial charge in [0.25, 0.3) is 5.70 Å². The van der Waals surface area contributed by atoms with Crippen molar-refractivity contribution < 1.29 is 10.0 Å². The molecule has 0 aromatic heterocycles. The molecule has 6 nitrogen and oxygen atoms in total. The monoisotopic (exact) mass is 213 g/mol. The molecule has 84 valence electrons. The van der Waals surface area contributed by atoms with Crippen LogP contribution >= 0.6 is 0 Å². The zero-order valence-electron chi connectivity index (χ0n) is 8.73. The summed E-state index contributed by atoms with van der Waals surface area (Å²) in [6.07, 6.45) is 2.77. The molecule has 0 bridgehead atoms. The van der Waals surface area contributed by atoms with Crippen molar-refractivity contribution in [2.75, 3.05) is 0 Å². The molecule has 1 rings (SSSR count). The Hall–Kier alpha value is -1.40. The average Bonchev–Trinajstić information content (AvgIpc) is 1.99. The number of aliphatic hydroxyl groups is 1. The van der Waals surface area contributed by atoms with Crippen molar-refractivity contribution in [2.45, 2.75) is 32.0 Å². The van der Waals surface area contributed by atoms with Crippen molar-refractivity contribution in [1.29, 1.82) is 0 Å². The number of nitrogens with two attached hydrogens (primary N) is 1. The molecule has 4 N–H and O–H groups in total. The van der Waals surface area contributed by atoms with Gasteiger partial charge >= 0.3 is 0 Å². The molecule has 0 fully saturated rings. The molecule has 0 saturated carbocycles. The van der Waals surface area contributed by atoms with Crippen molar-refractivity contribution in [3.63, 3.8) is 0 Å². The summed E-state index contributed by atoms with van der Waals surface area (Å²) in [4.78, 5) is 10.0. The summed E-state index contributed by atoms with van der Waals surface area (Å²) in [5.74, 6) is 0. The maximum Gasteiger partial charge on any atom is 0.287 e. The van der Waals surface area contributed by atoms with Crippen molar-refractivity contribution in [3.05, 3.63) is 33.7 Å². The molecule has 0 heterocycles. The molecule has 0 unspecified atom stereocenters. The molecule has 0 aromatic carbocycles. The number of hydrogen-bond acceptors (Lipinski definition) is 5. The molecule has 0 aromatic rings. The molecule has 2 atom stereocenters. The predicted octanol–water partition coefficient (Wildman–Crippen LogP) is 0.0799. The van der Waals surface area contributed by atoms with Gasteiger partial charge < -0.3 is 10.8 Å². The van der Waals surface area contributed by atoms with Crippen LogP contribution in [0.2, 0.25) is 0 Å². The second-order valence-electron chi connectivity index (χ2n) is 3.89. The maximum absolute atomic E-state index is 10.5. The predicted molar refractivity (Wildman–Crippen MR) is 55.2 cm³/mol. The Morgan fingerprint density at radius 1 is 1.80 bits per heavy atom. The van der Waals surface area contributed by atoms with Gasteiger partial charge in [-0.25, -0.2) is 0 Å². The Balaban J connectivity index is 2.85. The second kappa shape index (κ2) is 4.00. The maximum atomic E-state index is 10.5. The summed E-state index contributed by atoms with van der Waals surface area (Å²) in [5.41, 5.74) is 5.09. The molecule has 6 heteroatoms. The zero-order chi connectivity index (χ0) is 11.6. The van der Waals surface area contributed by atoms with Crippen LogP contribution < -0.4 is 11.1 Å². The summed E-state index contributed by atoms with van der Waals surface area (Å²) < 4.78 is 0. The first-order chi connectivity index (χ1) is 6.84. The summed E-state index contributed by atoms with van der Waals surface area (Å²) in [6.45, 7) is 3.40. The molecular formula is C9H15N3O3. The van der Waals surface area contributed by atoms with Crippen LogP contribution in [0.5, 0.6) is 0 Å². The van der Waals surface area contributed by atoms with Gasteiger partial charge in [0.2, 0.25) is 0 Å². The molecule has 1 aliphatic rings. The first-order valence-electron chi connectivity index (χ1n) is 4.63. The van der Waals surface area contributed by atoms with E-state index in [-0.39, 0.29) is 11.4 Å². The van der Waals surface area contributed by atoms with E-state index in [9.17, 15) is 15.2 Å². The van der Waals surface area contributed by atoms with E-state index in [1.54, 1.807) is 13.0 Å². The number of nitro groups is 1. The molecule has 0 aliphatic heterocycles. The Morgan fingerprint density at radius 2 is 2.40 bits per heavy atom. The van der Waals surface area contributed by atoms with Gasteiger partial charge in [0.05, 0.1) is 4.92 Å². The smallest absolute Gasteiger partial charge is 0.287 e. The van der Waals surface area contributed by atoms with Crippen LogP contribution in [0.25, 0.3) is 0 Å². The number of nitrogens with zero attached hydrogens (tertiary/aromatic N) is 1. The minimum atomic E-state index is -0.690. The molecule has 0 radical (unpaired) electrons. The van der Waals surface area contributed by atoms with E-state index in [1.807, 2.05) is 6.92 Å². The minimum absolute atomic E-state index is 0.0696. The van der Waals surface area contributed by atoms with Gasteiger partial charge in [0, 0.05) is 5.54 Å². The molecule has 0 amide bonds. The van der Waals surface area contributed by atoms with Crippen molar-refractivity contribution in [3.8, 4) is 0 Å². The van der Waals surface area contributed by atoms with E-state index in [4.69, 9.17) is 5.73 Å². The third kappa shape index (κ3) is 2.77. The molecule has 15 heavy (non-hydrogen) atoms. The Labute approximate surface area is 87.6 Å². The number of rotatable bonds is 3. The lowest BCUT2D eigenvalue weighted by molar-refractivity contribution is -0.421. The Morgan fingerprint density at radius 3 is 2.80 bits per heavy atom. The molecular weight excluding hydrogens is 198 g/mol. The lowest BCUT2D eigenvalue weighted by atomic mass is 9.91. The minimum Gasteiger partial charge on any atom is -0.393 e. The van der Waals surface area contributed by atoms with E-state index < -0.39 is 16.7 Å². The van der Waals surface area contributed by atoms with Crippen LogP contribution in [0.3, 0.4) is 0 Å². The standard InChI is InChI=1S/C9H15N3O3/c1-6(13)11-9(2)4-3-8(12(14)15)7(10)5-9/h3,5-6,11,13H,4,10H2,1-2H3/t6-,9+/m1/s1. The third-order valence-corrected chi connectivity index (χ3v) is 2.22. The number of nitrogens with one attached hydrogen (secondary N) is 1. The van der Waals surface area contributed by atoms with Crippen molar-refractivity contribution in [1.82, 2.24) is 5.32 Å². The zero-order valence-corrected chi connectivity index (χ0v) is 8.73. The highest BCUT2D eigenvalue weighted by atomic mass is 16.6. The summed E-state index contributed by atoms with van der Waals surface area (Å²) in [7, 11) is 0. The highest BCUT2D eigenvalue weighted by Crippen LogP contribution is 2.24. The average molecular weight is 213 g/mol. The van der Waals surface area contributed by atoms with Gasteiger partial charge in [-0.2, -0.15) is 0 Å².